The maximum Gasteiger partial charge on any atom is 0.244 e. The molecule has 2 aliphatic heterocycles. The first-order valence-corrected chi connectivity index (χ1v) is 7.69. The monoisotopic (exact) mass is 290 g/mol. The molecule has 1 amide bonds. The number of rotatable bonds is 3. The van der Waals surface area contributed by atoms with E-state index in [2.05, 4.69) is 5.32 Å². The number of hydrogen-bond acceptors (Lipinski definition) is 4. The Morgan fingerprint density at radius 1 is 1.14 bits per heavy atom. The van der Waals surface area contributed by atoms with E-state index in [-0.39, 0.29) is 11.9 Å². The number of benzene rings is 1. The smallest absolute Gasteiger partial charge is 0.244 e. The minimum atomic E-state index is -0.231. The summed E-state index contributed by atoms with van der Waals surface area (Å²) < 4.78 is 11.1. The molecule has 0 unspecified atom stereocenters. The molecule has 2 aliphatic rings. The van der Waals surface area contributed by atoms with Crippen LogP contribution in [0.1, 0.15) is 26.2 Å². The molecule has 1 atom stereocenters. The third-order valence-corrected chi connectivity index (χ3v) is 3.96. The predicted octanol–water partition coefficient (Wildman–Crippen LogP) is 2.27. The number of ether oxygens (including phenoxy) is 2. The number of anilines is 1. The molecule has 5 nitrogen and oxygen atoms in total. The Morgan fingerprint density at radius 3 is 2.62 bits per heavy atom. The normalized spacial score (nSPS) is 19.0. The molecule has 0 radical (unpaired) electrons. The van der Waals surface area contributed by atoms with Gasteiger partial charge >= 0.3 is 0 Å². The Kier molecular flexibility index (Phi) is 4.18. The molecule has 0 bridgehead atoms. The summed E-state index contributed by atoms with van der Waals surface area (Å²) in [5, 5.41) is 3.26. The van der Waals surface area contributed by atoms with Crippen molar-refractivity contribution in [1.29, 1.82) is 0 Å². The van der Waals surface area contributed by atoms with Gasteiger partial charge in [-0.25, -0.2) is 0 Å². The van der Waals surface area contributed by atoms with Crippen LogP contribution in [0.15, 0.2) is 18.2 Å². The highest BCUT2D eigenvalue weighted by Crippen LogP contribution is 2.32. The lowest BCUT2D eigenvalue weighted by Crippen LogP contribution is -2.43. The molecule has 0 aliphatic carbocycles. The van der Waals surface area contributed by atoms with Crippen LogP contribution >= 0.6 is 0 Å². The molecule has 1 N–H and O–H groups in total. The van der Waals surface area contributed by atoms with Crippen molar-refractivity contribution in [3.05, 3.63) is 18.2 Å². The van der Waals surface area contributed by atoms with Crippen LogP contribution < -0.4 is 14.8 Å². The summed E-state index contributed by atoms with van der Waals surface area (Å²) in [5.74, 6) is 1.68. The van der Waals surface area contributed by atoms with Crippen LogP contribution in [0.2, 0.25) is 0 Å². The highest BCUT2D eigenvalue weighted by Gasteiger charge is 2.22. The Morgan fingerprint density at radius 2 is 1.86 bits per heavy atom. The average molecular weight is 290 g/mol. The third kappa shape index (κ3) is 3.23. The van der Waals surface area contributed by atoms with E-state index < -0.39 is 0 Å². The molecule has 0 saturated carbocycles. The van der Waals surface area contributed by atoms with Crippen molar-refractivity contribution in [1.82, 2.24) is 4.90 Å². The first-order valence-electron chi connectivity index (χ1n) is 7.69. The second-order valence-electron chi connectivity index (χ2n) is 5.61. The Hall–Kier alpha value is -1.91. The summed E-state index contributed by atoms with van der Waals surface area (Å²) in [7, 11) is 0. The minimum Gasteiger partial charge on any atom is -0.486 e. The van der Waals surface area contributed by atoms with Crippen LogP contribution in [0.5, 0.6) is 11.5 Å². The van der Waals surface area contributed by atoms with Crippen LogP contribution in [0, 0.1) is 0 Å². The van der Waals surface area contributed by atoms with E-state index in [9.17, 15) is 4.79 Å². The summed E-state index contributed by atoms with van der Waals surface area (Å²) in [6.45, 7) is 4.83. The molecule has 5 heteroatoms. The second-order valence-corrected chi connectivity index (χ2v) is 5.61. The van der Waals surface area contributed by atoms with Gasteiger partial charge in [0.05, 0.1) is 0 Å². The molecular formula is C16H22N2O3. The lowest BCUT2D eigenvalue weighted by atomic mass is 10.1. The van der Waals surface area contributed by atoms with E-state index >= 15 is 0 Å². The Labute approximate surface area is 125 Å². The molecular weight excluding hydrogens is 268 g/mol. The van der Waals surface area contributed by atoms with Crippen LogP contribution in [-0.2, 0) is 4.79 Å². The number of carbonyl (C=O) groups is 1. The highest BCUT2D eigenvalue weighted by atomic mass is 16.6. The summed E-state index contributed by atoms with van der Waals surface area (Å²) in [5.41, 5.74) is 0.886. The van der Waals surface area contributed by atoms with Gasteiger partial charge in [0.25, 0.3) is 0 Å². The van der Waals surface area contributed by atoms with Crippen molar-refractivity contribution in [3.8, 4) is 11.5 Å². The number of fused-ring (bicyclic) bond motifs is 1. The maximum atomic E-state index is 12.4. The topological polar surface area (TPSA) is 50.8 Å². The number of amides is 1. The van der Waals surface area contributed by atoms with Crippen LogP contribution in [-0.4, -0.2) is 43.2 Å². The number of piperidine rings is 1. The van der Waals surface area contributed by atoms with E-state index in [1.807, 2.05) is 30.0 Å². The van der Waals surface area contributed by atoms with E-state index in [1.54, 1.807) is 0 Å². The van der Waals surface area contributed by atoms with Gasteiger partial charge in [-0.3, -0.25) is 4.79 Å². The van der Waals surface area contributed by atoms with Gasteiger partial charge in [0, 0.05) is 24.8 Å². The fourth-order valence-corrected chi connectivity index (χ4v) is 2.83. The van der Waals surface area contributed by atoms with E-state index in [1.165, 1.54) is 6.42 Å². The molecule has 21 heavy (non-hydrogen) atoms. The first-order chi connectivity index (χ1) is 10.2. The van der Waals surface area contributed by atoms with E-state index in [0.29, 0.717) is 13.2 Å². The van der Waals surface area contributed by atoms with Gasteiger partial charge in [-0.15, -0.1) is 0 Å². The molecule has 0 spiro atoms. The molecule has 1 fully saturated rings. The molecule has 1 aromatic carbocycles. The van der Waals surface area contributed by atoms with E-state index in [0.717, 1.165) is 43.1 Å². The van der Waals surface area contributed by atoms with Crippen LogP contribution in [0.4, 0.5) is 5.69 Å². The first kappa shape index (κ1) is 14.0. The largest absolute Gasteiger partial charge is 0.486 e. The summed E-state index contributed by atoms with van der Waals surface area (Å²) in [6.07, 6.45) is 3.46. The predicted molar refractivity (Wildman–Crippen MR) is 80.9 cm³/mol. The summed E-state index contributed by atoms with van der Waals surface area (Å²) >= 11 is 0. The van der Waals surface area contributed by atoms with Crippen LogP contribution in [0.25, 0.3) is 0 Å². The van der Waals surface area contributed by atoms with Gasteiger partial charge < -0.3 is 19.7 Å². The van der Waals surface area contributed by atoms with E-state index in [4.69, 9.17) is 9.47 Å². The Balaban J connectivity index is 1.63. The molecule has 1 aromatic rings. The fraction of sp³-hybridized carbons (Fsp3) is 0.562. The maximum absolute atomic E-state index is 12.4. The quantitative estimate of drug-likeness (QED) is 0.928. The number of nitrogens with one attached hydrogen (secondary N) is 1. The van der Waals surface area contributed by atoms with Crippen molar-refractivity contribution in [2.45, 2.75) is 32.2 Å². The van der Waals surface area contributed by atoms with Gasteiger partial charge in [-0.2, -0.15) is 0 Å². The SMILES string of the molecule is C[C@@H](Nc1ccc2c(c1)OCCO2)C(=O)N1CCCCC1. The standard InChI is InChI=1S/C16H22N2O3/c1-12(16(19)18-7-3-2-4-8-18)17-13-5-6-14-15(11-13)21-10-9-20-14/h5-6,11-12,17H,2-4,7-10H2,1H3/t12-/m1/s1. The summed E-state index contributed by atoms with van der Waals surface area (Å²) in [6, 6.07) is 5.47. The highest BCUT2D eigenvalue weighted by molar-refractivity contribution is 5.84. The van der Waals surface area contributed by atoms with Gasteiger partial charge in [-0.05, 0) is 38.3 Å². The van der Waals surface area contributed by atoms with Crippen LogP contribution in [0.3, 0.4) is 0 Å². The van der Waals surface area contributed by atoms with Gasteiger partial charge in [-0.1, -0.05) is 0 Å². The van der Waals surface area contributed by atoms with Crippen molar-refractivity contribution >= 4 is 11.6 Å². The zero-order valence-corrected chi connectivity index (χ0v) is 12.4. The zero-order valence-electron chi connectivity index (χ0n) is 12.4. The summed E-state index contributed by atoms with van der Waals surface area (Å²) in [4.78, 5) is 14.4. The number of nitrogens with zero attached hydrogens (tertiary/aromatic N) is 1. The molecule has 1 saturated heterocycles. The van der Waals surface area contributed by atoms with Gasteiger partial charge in [0.15, 0.2) is 11.5 Å². The lowest BCUT2D eigenvalue weighted by Gasteiger charge is -2.30. The minimum absolute atomic E-state index is 0.171. The Bertz CT molecular complexity index is 512. The van der Waals surface area contributed by atoms with Crippen molar-refractivity contribution in [3.63, 3.8) is 0 Å². The lowest BCUT2D eigenvalue weighted by molar-refractivity contribution is -0.132. The van der Waals surface area contributed by atoms with Crippen molar-refractivity contribution < 1.29 is 14.3 Å². The average Bonchev–Trinajstić information content (AvgIpc) is 2.55. The van der Waals surface area contributed by atoms with Crippen molar-refractivity contribution in [2.24, 2.45) is 0 Å². The van der Waals surface area contributed by atoms with Crippen molar-refractivity contribution in [2.75, 3.05) is 31.6 Å². The molecule has 0 aromatic heterocycles. The second kappa shape index (κ2) is 6.24. The number of carbonyl (C=O) groups excluding carboxylic acids is 1. The van der Waals surface area contributed by atoms with Gasteiger partial charge in [0.1, 0.15) is 19.3 Å². The molecule has 2 heterocycles. The third-order valence-electron chi connectivity index (χ3n) is 3.96. The number of hydrogen-bond donors (Lipinski definition) is 1. The fourth-order valence-electron chi connectivity index (χ4n) is 2.83. The number of likely N-dealkylation sites (tertiary alicyclic amines) is 1. The zero-order chi connectivity index (χ0) is 14.7. The molecule has 114 valence electrons. The molecule has 3 rings (SSSR count). The van der Waals surface area contributed by atoms with Gasteiger partial charge in [0.2, 0.25) is 5.91 Å².